The van der Waals surface area contributed by atoms with Gasteiger partial charge in [-0.2, -0.15) is 0 Å². The van der Waals surface area contributed by atoms with Crippen molar-refractivity contribution in [1.82, 2.24) is 0 Å². The van der Waals surface area contributed by atoms with Crippen molar-refractivity contribution in [3.8, 4) is 81.5 Å². The number of hydrogen-bond acceptors (Lipinski definition) is 8. The lowest BCUT2D eigenvalue weighted by Gasteiger charge is -2.19. The van der Waals surface area contributed by atoms with E-state index in [1.165, 1.54) is 205 Å². The fourth-order valence-corrected chi connectivity index (χ4v) is 19.1. The van der Waals surface area contributed by atoms with E-state index in [4.69, 9.17) is 37.9 Å². The summed E-state index contributed by atoms with van der Waals surface area (Å²) in [5, 5.41) is 17.0. The second-order valence-corrected chi connectivity index (χ2v) is 38.0. The highest BCUT2D eigenvalue weighted by Crippen LogP contribution is 2.50. The van der Waals surface area contributed by atoms with Crippen LogP contribution in [0.2, 0.25) is 0 Å². The summed E-state index contributed by atoms with van der Waals surface area (Å²) in [4.78, 5) is 0. The first-order valence-electron chi connectivity index (χ1n) is 53.9. The van der Waals surface area contributed by atoms with Gasteiger partial charge in [0.25, 0.3) is 0 Å². The maximum Gasteiger partial charge on any atom is 0.169 e. The Hall–Kier alpha value is -10.2. The number of hydrogen-bond donors (Lipinski definition) is 0. The van der Waals surface area contributed by atoms with Crippen molar-refractivity contribution in [3.05, 3.63) is 191 Å². The van der Waals surface area contributed by atoms with Crippen LogP contribution < -0.4 is 37.9 Å². The second kappa shape index (κ2) is 58.9. The largest absolute Gasteiger partial charge is 0.489 e. The lowest BCUT2D eigenvalue weighted by atomic mass is 9.95. The van der Waals surface area contributed by atoms with E-state index in [2.05, 4.69) is 249 Å². The highest BCUT2D eigenvalue weighted by atomic mass is 16.5. The summed E-state index contributed by atoms with van der Waals surface area (Å²) in [6.45, 7) is 23.3. The molecule has 12 aromatic carbocycles. The molecule has 0 aliphatic heterocycles. The van der Waals surface area contributed by atoms with E-state index in [0.29, 0.717) is 52.9 Å². The molecule has 8 heteroatoms. The topological polar surface area (TPSA) is 73.8 Å². The molecule has 134 heavy (non-hydrogen) atoms. The Kier molecular flexibility index (Phi) is 45.2. The smallest absolute Gasteiger partial charge is 0.169 e. The molecule has 12 rings (SSSR count). The normalized spacial score (nSPS) is 11.4. The highest BCUT2D eigenvalue weighted by molar-refractivity contribution is 6.18. The zero-order valence-electron chi connectivity index (χ0n) is 83.9. The van der Waals surface area contributed by atoms with Gasteiger partial charge in [0.1, 0.15) is 0 Å². The fraction of sp³-hybridized carbons (Fsp3) is 0.508. The Balaban J connectivity index is 0.953. The third-order valence-electron chi connectivity index (χ3n) is 26.9. The predicted molar refractivity (Wildman–Crippen MR) is 575 cm³/mol. The molecular formula is C126H162O8. The summed E-state index contributed by atoms with van der Waals surface area (Å²) in [7, 11) is 0. The number of rotatable bonds is 64. The average Bonchev–Trinajstić information content (AvgIpc) is 0.757. The number of fused-ring (bicyclic) bond motifs is 12. The molecule has 0 N–H and O–H groups in total. The first-order chi connectivity index (χ1) is 66.3. The minimum Gasteiger partial charge on any atom is -0.489 e. The van der Waals surface area contributed by atoms with E-state index < -0.39 is 0 Å². The van der Waals surface area contributed by atoms with Crippen molar-refractivity contribution < 1.29 is 37.9 Å². The summed E-state index contributed by atoms with van der Waals surface area (Å²) in [6, 6.07) is 57.4. The van der Waals surface area contributed by atoms with Crippen molar-refractivity contribution in [2.45, 2.75) is 364 Å². The van der Waals surface area contributed by atoms with Gasteiger partial charge in [-0.3, -0.25) is 0 Å². The van der Waals surface area contributed by atoms with Crippen molar-refractivity contribution >= 4 is 86.2 Å². The van der Waals surface area contributed by atoms with Crippen molar-refractivity contribution in [2.75, 3.05) is 52.9 Å². The fourth-order valence-electron chi connectivity index (χ4n) is 19.1. The van der Waals surface area contributed by atoms with E-state index in [0.717, 1.165) is 268 Å². The Morgan fingerprint density at radius 3 is 0.418 bits per heavy atom. The van der Waals surface area contributed by atoms with Crippen LogP contribution in [0, 0.1) is 35.5 Å². The highest BCUT2D eigenvalue weighted by Gasteiger charge is 2.25. The summed E-state index contributed by atoms with van der Waals surface area (Å²) < 4.78 is 56.1. The van der Waals surface area contributed by atoms with Crippen LogP contribution in [0.15, 0.2) is 158 Å². The lowest BCUT2D eigenvalue weighted by molar-refractivity contribution is 0.263. The van der Waals surface area contributed by atoms with E-state index >= 15 is 0 Å². The first kappa shape index (κ1) is 103. The maximum absolute atomic E-state index is 7.12. The zero-order chi connectivity index (χ0) is 93.2. The Labute approximate surface area is 808 Å². The minimum atomic E-state index is 0.602. The van der Waals surface area contributed by atoms with E-state index in [1.54, 1.807) is 0 Å². The molecule has 0 heterocycles. The molecule has 0 aliphatic rings. The number of ether oxygens (including phenoxy) is 8. The molecule has 0 atom stereocenters. The lowest BCUT2D eigenvalue weighted by Crippen LogP contribution is -2.05. The van der Waals surface area contributed by atoms with Crippen LogP contribution in [0.5, 0.6) is 46.0 Å². The maximum atomic E-state index is 7.12. The van der Waals surface area contributed by atoms with Gasteiger partial charge in [-0.25, -0.2) is 0 Å². The molecule has 714 valence electrons. The Morgan fingerprint density at radius 1 is 0.134 bits per heavy atom. The van der Waals surface area contributed by atoms with Crippen LogP contribution in [-0.4, -0.2) is 52.9 Å². The molecule has 0 radical (unpaired) electrons. The quantitative estimate of drug-likeness (QED) is 0.0212. The number of benzene rings is 12. The molecular weight excluding hydrogens is 1640 g/mol. The average molecular weight is 1800 g/mol. The third-order valence-corrected chi connectivity index (χ3v) is 26.9. The number of unbranched alkanes of at least 4 members (excludes halogenated alkanes) is 40. The second-order valence-electron chi connectivity index (χ2n) is 38.0. The van der Waals surface area contributed by atoms with Crippen molar-refractivity contribution in [1.29, 1.82) is 0 Å². The van der Waals surface area contributed by atoms with Gasteiger partial charge in [0.15, 0.2) is 46.0 Å². The third kappa shape index (κ3) is 30.7. The summed E-state index contributed by atoms with van der Waals surface area (Å²) in [5.41, 5.74) is 5.48. The van der Waals surface area contributed by atoms with Crippen LogP contribution in [-0.2, 0) is 0 Å². The van der Waals surface area contributed by atoms with Crippen LogP contribution >= 0.6 is 0 Å². The van der Waals surface area contributed by atoms with Gasteiger partial charge in [0, 0.05) is 76.5 Å². The van der Waals surface area contributed by atoms with E-state index in [-0.39, 0.29) is 0 Å². The van der Waals surface area contributed by atoms with Gasteiger partial charge >= 0.3 is 0 Å². The van der Waals surface area contributed by atoms with Crippen molar-refractivity contribution in [3.63, 3.8) is 0 Å². The van der Waals surface area contributed by atoms with E-state index in [9.17, 15) is 0 Å². The molecule has 0 spiro atoms. The SMILES string of the molecule is CCCCCCCCOc1c(OCCCCCCCC)c2ccc(C#Cc3ccc4c(OCCCCCCCC)c(OCCCCCCCC)c5ccc(C#Cc6ccc7c(OCCCCCCCC)c(OCCCCCCCC)c8ccc(C#Cc9ccc%10c(OCCCCCCCC)c(OCCCCCCCC)c%11ccccc%11c%10c9)cc8c7c6)cc5c4c3)cc2c2ccccc12. The monoisotopic (exact) mass is 1800 g/mol. The molecule has 0 saturated heterocycles. The van der Waals surface area contributed by atoms with Gasteiger partial charge in [0.2, 0.25) is 0 Å². The van der Waals surface area contributed by atoms with Crippen LogP contribution in [0.1, 0.15) is 397 Å². The predicted octanol–water partition coefficient (Wildman–Crippen LogP) is 37.0. The molecule has 0 unspecified atom stereocenters. The van der Waals surface area contributed by atoms with Crippen molar-refractivity contribution in [2.24, 2.45) is 0 Å². The summed E-state index contributed by atoms with van der Waals surface area (Å²) in [5.74, 6) is 28.9. The molecule has 0 aromatic heterocycles. The van der Waals surface area contributed by atoms with Crippen LogP contribution in [0.3, 0.4) is 0 Å². The standard InChI is InChI=1S/C126H162O8/c1-9-17-25-33-41-53-83-127-119-105-63-51-49-61-103(105)113-91-97(71-77-107(113)121(119)129-85-55-43-35-27-19-11-3)65-67-99-73-79-109-115(93-99)117-95-101(75-81-111(117)125(133-89-59-47-39-31-23-15-7)123(109)131-87-57-45-37-29-21-13-5)69-70-102-76-82-112-118(96-102)116-94-100(74-80-110(116)124(132-88-58-46-38-30-22-14-6)126(112)134-90-60-48-40-32-24-16-8)68-66-98-72-78-108-114(92-98)104-62-50-52-64-106(104)120(128-84-54-42-34-26-18-10-2)122(108)130-86-56-44-36-28-20-12-4/h49-52,61-64,71-82,91-96H,9-48,53-60,83-90H2,1-8H3. The van der Waals surface area contributed by atoms with E-state index in [1.807, 2.05) is 0 Å². The summed E-state index contributed by atoms with van der Waals surface area (Å²) in [6.07, 6.45) is 56.9. The summed E-state index contributed by atoms with van der Waals surface area (Å²) >= 11 is 0. The molecule has 0 fully saturated rings. The van der Waals surface area contributed by atoms with Gasteiger partial charge in [0.05, 0.1) is 52.9 Å². The Bertz CT molecular complexity index is 5440. The molecule has 0 saturated carbocycles. The minimum absolute atomic E-state index is 0.602. The van der Waals surface area contributed by atoms with Crippen LogP contribution in [0.25, 0.3) is 86.2 Å². The molecule has 0 bridgehead atoms. The first-order valence-corrected chi connectivity index (χ1v) is 53.9. The van der Waals surface area contributed by atoms with Gasteiger partial charge in [-0.05, 0) is 204 Å². The molecule has 8 nitrogen and oxygen atoms in total. The molecule has 0 aliphatic carbocycles. The van der Waals surface area contributed by atoms with Gasteiger partial charge < -0.3 is 37.9 Å². The van der Waals surface area contributed by atoms with Gasteiger partial charge in [-0.1, -0.05) is 396 Å². The zero-order valence-corrected chi connectivity index (χ0v) is 83.9. The van der Waals surface area contributed by atoms with Gasteiger partial charge in [-0.15, -0.1) is 0 Å². The van der Waals surface area contributed by atoms with Crippen LogP contribution in [0.4, 0.5) is 0 Å². The Morgan fingerprint density at radius 2 is 0.261 bits per heavy atom. The molecule has 12 aromatic rings. The molecule has 0 amide bonds.